The Labute approximate surface area is 225 Å². The lowest BCUT2D eigenvalue weighted by Crippen LogP contribution is -2.72. The summed E-state index contributed by atoms with van der Waals surface area (Å²) >= 11 is 12.1. The summed E-state index contributed by atoms with van der Waals surface area (Å²) in [6, 6.07) is 22.1. The van der Waals surface area contributed by atoms with Crippen molar-refractivity contribution in [2.24, 2.45) is 5.73 Å². The lowest BCUT2D eigenvalue weighted by molar-refractivity contribution is -0.727. The summed E-state index contributed by atoms with van der Waals surface area (Å²) in [6.07, 6.45) is -0.939. The van der Waals surface area contributed by atoms with Crippen molar-refractivity contribution in [2.75, 3.05) is 6.54 Å². The van der Waals surface area contributed by atoms with Crippen molar-refractivity contribution in [2.45, 2.75) is 36.1 Å². The predicted molar refractivity (Wildman–Crippen MR) is 143 cm³/mol. The Bertz CT molecular complexity index is 1450. The molecule has 0 bridgehead atoms. The molecule has 4 atom stereocenters. The molecular weight excluding hydrogens is 533 g/mol. The highest BCUT2D eigenvalue weighted by atomic mass is 35.5. The molecule has 2 aliphatic rings. The largest absolute Gasteiger partial charge is 0.368 e. The zero-order valence-electron chi connectivity index (χ0n) is 19.9. The third-order valence-corrected chi connectivity index (χ3v) is 8.70. The van der Waals surface area contributed by atoms with E-state index in [0.29, 0.717) is 16.6 Å². The molecule has 1 fully saturated rings. The second kappa shape index (κ2) is 10.1. The number of fused-ring (bicyclic) bond motifs is 1. The van der Waals surface area contributed by atoms with Crippen LogP contribution in [0.3, 0.4) is 0 Å². The van der Waals surface area contributed by atoms with Gasteiger partial charge in [0.05, 0.1) is 17.4 Å². The maximum Gasteiger partial charge on any atom is 0.243 e. The lowest BCUT2D eigenvalue weighted by atomic mass is 9.90. The summed E-state index contributed by atoms with van der Waals surface area (Å²) in [4.78, 5) is 12.6. The van der Waals surface area contributed by atoms with Crippen molar-refractivity contribution >= 4 is 44.8 Å². The van der Waals surface area contributed by atoms with Crippen molar-refractivity contribution in [1.82, 2.24) is 15.0 Å². The van der Waals surface area contributed by atoms with E-state index < -0.39 is 34.3 Å². The van der Waals surface area contributed by atoms with Gasteiger partial charge in [-0.05, 0) is 54.1 Å². The summed E-state index contributed by atoms with van der Waals surface area (Å²) in [7, 11) is -3.97. The molecule has 4 N–H and O–H groups in total. The number of hydrogen-bond donors (Lipinski definition) is 3. The molecule has 5 rings (SSSR count). The van der Waals surface area contributed by atoms with Gasteiger partial charge in [-0.3, -0.25) is 10.1 Å². The number of hydrazine groups is 1. The van der Waals surface area contributed by atoms with Crippen LogP contribution in [0.1, 0.15) is 24.0 Å². The molecule has 192 valence electrons. The first-order valence-corrected chi connectivity index (χ1v) is 14.0. The van der Waals surface area contributed by atoms with E-state index in [1.807, 2.05) is 71.2 Å². The Morgan fingerprint density at radius 2 is 1.59 bits per heavy atom. The number of benzene rings is 3. The SMILES string of the molecule is CC1[C@@H](C(N)=O)NC(NS(=O)(=O)c2ccc(Cl)cc2)N2C[C@H](c3ccccc3)C(c3ccc(Cl)cc3)=[N+]12. The Morgan fingerprint density at radius 3 is 2.19 bits per heavy atom. The van der Waals surface area contributed by atoms with Crippen LogP contribution in [0.25, 0.3) is 0 Å². The van der Waals surface area contributed by atoms with Gasteiger partial charge in [0.15, 0.2) is 6.04 Å². The van der Waals surface area contributed by atoms with Crippen LogP contribution < -0.4 is 15.8 Å². The first-order chi connectivity index (χ1) is 17.7. The monoisotopic (exact) mass is 558 g/mol. The quantitative estimate of drug-likeness (QED) is 0.403. The minimum absolute atomic E-state index is 0.0557. The van der Waals surface area contributed by atoms with Gasteiger partial charge in [0.1, 0.15) is 0 Å². The summed E-state index contributed by atoms with van der Waals surface area (Å²) in [5.41, 5.74) is 8.68. The average molecular weight is 559 g/mol. The van der Waals surface area contributed by atoms with Crippen molar-refractivity contribution in [3.05, 3.63) is 100 Å². The van der Waals surface area contributed by atoms with Crippen LogP contribution >= 0.6 is 23.2 Å². The molecule has 0 aromatic heterocycles. The maximum atomic E-state index is 13.3. The first-order valence-electron chi connectivity index (χ1n) is 11.7. The molecule has 1 amide bonds. The van der Waals surface area contributed by atoms with E-state index in [2.05, 4.69) is 10.0 Å². The summed E-state index contributed by atoms with van der Waals surface area (Å²) in [5, 5.41) is 6.06. The number of primary amides is 1. The van der Waals surface area contributed by atoms with E-state index in [9.17, 15) is 13.2 Å². The van der Waals surface area contributed by atoms with Gasteiger partial charge in [-0.1, -0.05) is 53.5 Å². The molecule has 1 saturated heterocycles. The minimum Gasteiger partial charge on any atom is -0.368 e. The number of nitrogens with one attached hydrogen (secondary N) is 2. The number of hydrazone groups is 1. The normalized spacial score (nSPS) is 23.7. The van der Waals surface area contributed by atoms with E-state index in [4.69, 9.17) is 28.9 Å². The topological polar surface area (TPSA) is 108 Å². The fraction of sp³-hybridized carbons (Fsp3) is 0.231. The summed E-state index contributed by atoms with van der Waals surface area (Å²) in [5.74, 6) is -0.692. The molecule has 3 aromatic rings. The fourth-order valence-electron chi connectivity index (χ4n) is 5.03. The molecule has 2 heterocycles. The van der Waals surface area contributed by atoms with E-state index in [0.717, 1.165) is 16.8 Å². The minimum atomic E-state index is -3.97. The molecule has 37 heavy (non-hydrogen) atoms. The van der Waals surface area contributed by atoms with E-state index in [1.165, 1.54) is 24.3 Å². The number of amides is 1. The third kappa shape index (κ3) is 4.97. The van der Waals surface area contributed by atoms with Gasteiger partial charge in [0.25, 0.3) is 0 Å². The number of nitrogens with two attached hydrogens (primary N) is 1. The van der Waals surface area contributed by atoms with Crippen molar-refractivity contribution < 1.29 is 17.9 Å². The summed E-state index contributed by atoms with van der Waals surface area (Å²) < 4.78 is 31.4. The number of halogens is 2. The number of carbonyl (C=O) groups excluding carboxylic acids is 1. The molecule has 0 spiro atoms. The molecule has 3 aromatic carbocycles. The smallest absolute Gasteiger partial charge is 0.243 e. The number of rotatable bonds is 6. The molecule has 0 saturated carbocycles. The van der Waals surface area contributed by atoms with Crippen LogP contribution in [0.4, 0.5) is 0 Å². The second-order valence-corrected chi connectivity index (χ2v) is 11.7. The highest BCUT2D eigenvalue weighted by Gasteiger charge is 2.54. The van der Waals surface area contributed by atoms with Crippen molar-refractivity contribution in [3.8, 4) is 0 Å². The van der Waals surface area contributed by atoms with Crippen molar-refractivity contribution in [1.29, 1.82) is 0 Å². The Kier molecular flexibility index (Phi) is 6.99. The zero-order chi connectivity index (χ0) is 26.3. The van der Waals surface area contributed by atoms with Crippen LogP contribution in [0, 0.1) is 0 Å². The second-order valence-electron chi connectivity index (χ2n) is 9.09. The summed E-state index contributed by atoms with van der Waals surface area (Å²) in [6.45, 7) is 2.35. The molecular formula is C26H26Cl2N5O3S+. The number of hydrogen-bond acceptors (Lipinski definition) is 5. The van der Waals surface area contributed by atoms with E-state index in [-0.39, 0.29) is 10.8 Å². The van der Waals surface area contributed by atoms with Gasteiger partial charge in [0, 0.05) is 22.5 Å². The first kappa shape index (κ1) is 25.7. The van der Waals surface area contributed by atoms with Crippen LogP contribution in [0.15, 0.2) is 83.8 Å². The maximum absolute atomic E-state index is 13.3. The number of nitrogens with zero attached hydrogens (tertiary/aromatic N) is 2. The standard InChI is InChI=1S/C26H25Cl2N5O3S/c1-16-23(25(29)34)30-26(31-37(35,36)21-13-11-20(28)12-14-21)32-15-22(17-5-3-2-4-6-17)24(33(16)32)18-7-9-19(27)10-8-18/h2-14,16,22-23,26,30-31H,15H2,1H3,(H-,29,34)/p+1/t16?,22-,23+,26?/m1/s1. The van der Waals surface area contributed by atoms with Crippen LogP contribution in [-0.2, 0) is 14.8 Å². The fourth-order valence-corrected chi connectivity index (χ4v) is 6.39. The highest BCUT2D eigenvalue weighted by molar-refractivity contribution is 7.89. The van der Waals surface area contributed by atoms with Gasteiger partial charge < -0.3 is 5.73 Å². The van der Waals surface area contributed by atoms with Gasteiger partial charge in [-0.15, -0.1) is 4.68 Å². The van der Waals surface area contributed by atoms with Crippen LogP contribution in [-0.4, -0.2) is 54.6 Å². The molecule has 0 radical (unpaired) electrons. The van der Waals surface area contributed by atoms with E-state index in [1.54, 1.807) is 0 Å². The molecule has 11 heteroatoms. The van der Waals surface area contributed by atoms with Crippen molar-refractivity contribution in [3.63, 3.8) is 0 Å². The Morgan fingerprint density at radius 1 is 1.00 bits per heavy atom. The van der Waals surface area contributed by atoms with Crippen LogP contribution in [0.5, 0.6) is 0 Å². The van der Waals surface area contributed by atoms with Gasteiger partial charge in [0.2, 0.25) is 34.0 Å². The Balaban J connectivity index is 1.63. The van der Waals surface area contributed by atoms with Gasteiger partial charge in [-0.25, -0.2) is 8.42 Å². The van der Waals surface area contributed by atoms with Gasteiger partial charge >= 0.3 is 0 Å². The lowest BCUT2D eigenvalue weighted by Gasteiger charge is -2.38. The zero-order valence-corrected chi connectivity index (χ0v) is 22.2. The highest BCUT2D eigenvalue weighted by Crippen LogP contribution is 2.33. The average Bonchev–Trinajstić information content (AvgIpc) is 3.28. The molecule has 0 aliphatic carbocycles. The molecule has 8 nitrogen and oxygen atoms in total. The predicted octanol–water partition coefficient (Wildman–Crippen LogP) is 2.92. The third-order valence-electron chi connectivity index (χ3n) is 6.77. The molecule has 2 aliphatic heterocycles. The Hall–Kier alpha value is -2.95. The van der Waals surface area contributed by atoms with Gasteiger partial charge in [-0.2, -0.15) is 9.73 Å². The molecule has 2 unspecified atom stereocenters. The number of carbonyl (C=O) groups is 1. The van der Waals surface area contributed by atoms with E-state index >= 15 is 0 Å². The number of sulfonamides is 1. The van der Waals surface area contributed by atoms with Crippen LogP contribution in [0.2, 0.25) is 10.0 Å².